The standard InChI is InChI=1S/C21H23FN2OS/c1-23-20(26)21(17-7-3-2-4-8-17)14-6-5-9-19(21)24-25-15-16-10-12-18(22)13-11-16/h2-4,7-8,10-13H,5-6,9,14-15H2,1H3,(H,23,26)/b24-19-. The predicted octanol–water partition coefficient (Wildman–Crippen LogP) is 4.76. The van der Waals surface area contributed by atoms with E-state index in [0.717, 1.165) is 47.5 Å². The monoisotopic (exact) mass is 370 g/mol. The number of halogens is 1. The average molecular weight is 370 g/mol. The molecule has 0 spiro atoms. The van der Waals surface area contributed by atoms with Gasteiger partial charge in [0.05, 0.1) is 16.1 Å². The molecule has 0 amide bonds. The lowest BCUT2D eigenvalue weighted by atomic mass is 9.67. The Bertz CT molecular complexity index is 776. The maximum Gasteiger partial charge on any atom is 0.142 e. The van der Waals surface area contributed by atoms with Crippen molar-refractivity contribution in [2.45, 2.75) is 37.7 Å². The summed E-state index contributed by atoms with van der Waals surface area (Å²) >= 11 is 5.72. The molecule has 2 aromatic carbocycles. The summed E-state index contributed by atoms with van der Waals surface area (Å²) in [6.07, 6.45) is 3.92. The quantitative estimate of drug-likeness (QED) is 0.609. The first kappa shape index (κ1) is 18.5. The van der Waals surface area contributed by atoms with Gasteiger partial charge in [-0.1, -0.05) is 66.3 Å². The van der Waals surface area contributed by atoms with Crippen molar-refractivity contribution in [1.82, 2.24) is 5.32 Å². The van der Waals surface area contributed by atoms with Crippen LogP contribution in [0.2, 0.25) is 0 Å². The van der Waals surface area contributed by atoms with Crippen molar-refractivity contribution < 1.29 is 9.23 Å². The second-order valence-electron chi connectivity index (χ2n) is 6.50. The van der Waals surface area contributed by atoms with Gasteiger partial charge in [-0.3, -0.25) is 0 Å². The highest BCUT2D eigenvalue weighted by atomic mass is 32.1. The first-order valence-corrected chi connectivity index (χ1v) is 9.29. The number of nitrogens with zero attached hydrogens (tertiary/aromatic N) is 1. The number of rotatable bonds is 5. The molecule has 26 heavy (non-hydrogen) atoms. The highest BCUT2D eigenvalue weighted by Gasteiger charge is 2.43. The highest BCUT2D eigenvalue weighted by Crippen LogP contribution is 2.38. The fraction of sp³-hybridized carbons (Fsp3) is 0.333. The number of oxime groups is 1. The Kier molecular flexibility index (Phi) is 5.99. The molecule has 0 bridgehead atoms. The van der Waals surface area contributed by atoms with Crippen molar-refractivity contribution in [3.05, 3.63) is 71.5 Å². The molecule has 1 atom stereocenters. The van der Waals surface area contributed by atoms with Gasteiger partial charge in [0.1, 0.15) is 12.4 Å². The van der Waals surface area contributed by atoms with E-state index in [1.807, 2.05) is 25.2 Å². The maximum absolute atomic E-state index is 13.0. The van der Waals surface area contributed by atoms with E-state index in [-0.39, 0.29) is 5.82 Å². The first-order chi connectivity index (χ1) is 12.7. The van der Waals surface area contributed by atoms with Gasteiger partial charge in [-0.05, 0) is 42.5 Å². The summed E-state index contributed by atoms with van der Waals surface area (Å²) in [6, 6.07) is 16.5. The third-order valence-electron chi connectivity index (χ3n) is 4.91. The van der Waals surface area contributed by atoms with Crippen LogP contribution in [0.5, 0.6) is 0 Å². The topological polar surface area (TPSA) is 33.6 Å². The molecule has 0 heterocycles. The summed E-state index contributed by atoms with van der Waals surface area (Å²) in [7, 11) is 1.86. The molecule has 1 aliphatic carbocycles. The van der Waals surface area contributed by atoms with Crippen LogP contribution in [0.25, 0.3) is 0 Å². The van der Waals surface area contributed by atoms with Gasteiger partial charge in [0.15, 0.2) is 0 Å². The van der Waals surface area contributed by atoms with Crippen LogP contribution in [0.1, 0.15) is 36.8 Å². The zero-order valence-electron chi connectivity index (χ0n) is 14.9. The van der Waals surface area contributed by atoms with E-state index in [1.165, 1.54) is 12.1 Å². The molecule has 1 N–H and O–H groups in total. The number of benzene rings is 2. The van der Waals surface area contributed by atoms with E-state index >= 15 is 0 Å². The van der Waals surface area contributed by atoms with Gasteiger partial charge in [0, 0.05) is 7.05 Å². The van der Waals surface area contributed by atoms with Crippen molar-refractivity contribution in [3.8, 4) is 0 Å². The van der Waals surface area contributed by atoms with Crippen molar-refractivity contribution in [1.29, 1.82) is 0 Å². The Morgan fingerprint density at radius 1 is 1.15 bits per heavy atom. The lowest BCUT2D eigenvalue weighted by molar-refractivity contribution is 0.127. The van der Waals surface area contributed by atoms with E-state index in [2.05, 4.69) is 22.6 Å². The second kappa shape index (κ2) is 8.41. The Morgan fingerprint density at radius 2 is 1.88 bits per heavy atom. The summed E-state index contributed by atoms with van der Waals surface area (Å²) in [5, 5.41) is 7.67. The average Bonchev–Trinajstić information content (AvgIpc) is 2.70. The molecule has 1 unspecified atom stereocenters. The minimum absolute atomic E-state index is 0.255. The molecule has 0 saturated heterocycles. The van der Waals surface area contributed by atoms with Crippen LogP contribution < -0.4 is 5.32 Å². The lowest BCUT2D eigenvalue weighted by Crippen LogP contribution is -2.50. The third kappa shape index (κ3) is 3.78. The Hall–Kier alpha value is -2.27. The smallest absolute Gasteiger partial charge is 0.142 e. The number of hydrogen-bond acceptors (Lipinski definition) is 3. The molecule has 1 fully saturated rings. The SMILES string of the molecule is CNC(=S)C1(c2ccccc2)CCCC/C1=N/OCc1ccc(F)cc1. The van der Waals surface area contributed by atoms with Crippen LogP contribution in [0.15, 0.2) is 59.8 Å². The van der Waals surface area contributed by atoms with E-state index in [0.29, 0.717) is 6.61 Å². The van der Waals surface area contributed by atoms with E-state index in [9.17, 15) is 4.39 Å². The van der Waals surface area contributed by atoms with Gasteiger partial charge in [0.2, 0.25) is 0 Å². The molecular formula is C21H23FN2OS. The van der Waals surface area contributed by atoms with Gasteiger partial charge >= 0.3 is 0 Å². The maximum atomic E-state index is 13.0. The zero-order chi connectivity index (χ0) is 18.4. The Labute approximate surface area is 159 Å². The fourth-order valence-corrected chi connectivity index (χ4v) is 3.89. The van der Waals surface area contributed by atoms with Crippen LogP contribution >= 0.6 is 12.2 Å². The lowest BCUT2D eigenvalue weighted by Gasteiger charge is -2.39. The van der Waals surface area contributed by atoms with Gasteiger partial charge in [-0.15, -0.1) is 0 Å². The zero-order valence-corrected chi connectivity index (χ0v) is 15.7. The Morgan fingerprint density at radius 3 is 2.58 bits per heavy atom. The van der Waals surface area contributed by atoms with Crippen molar-refractivity contribution in [3.63, 3.8) is 0 Å². The van der Waals surface area contributed by atoms with Crippen molar-refractivity contribution in [2.24, 2.45) is 5.16 Å². The van der Waals surface area contributed by atoms with E-state index < -0.39 is 5.41 Å². The molecule has 136 valence electrons. The molecule has 5 heteroatoms. The summed E-state index contributed by atoms with van der Waals surface area (Å²) in [5.74, 6) is -0.255. The molecule has 1 saturated carbocycles. The molecule has 0 aromatic heterocycles. The summed E-state index contributed by atoms with van der Waals surface area (Å²) < 4.78 is 13.0. The highest BCUT2D eigenvalue weighted by molar-refractivity contribution is 7.80. The summed E-state index contributed by atoms with van der Waals surface area (Å²) in [5.41, 5.74) is 2.56. The van der Waals surface area contributed by atoms with Gasteiger partial charge in [-0.25, -0.2) is 4.39 Å². The molecule has 0 radical (unpaired) electrons. The van der Waals surface area contributed by atoms with Gasteiger partial charge in [0.25, 0.3) is 0 Å². The minimum atomic E-state index is -0.424. The molecule has 0 aliphatic heterocycles. The third-order valence-corrected chi connectivity index (χ3v) is 5.46. The first-order valence-electron chi connectivity index (χ1n) is 8.88. The van der Waals surface area contributed by atoms with Gasteiger partial charge in [-0.2, -0.15) is 0 Å². The molecule has 1 aliphatic rings. The number of nitrogens with one attached hydrogen (secondary N) is 1. The minimum Gasteiger partial charge on any atom is -0.391 e. The van der Waals surface area contributed by atoms with Crippen molar-refractivity contribution >= 4 is 22.9 Å². The normalized spacial score (nSPS) is 21.4. The van der Waals surface area contributed by atoms with Crippen LogP contribution in [-0.2, 0) is 16.9 Å². The molecular weight excluding hydrogens is 347 g/mol. The van der Waals surface area contributed by atoms with E-state index in [4.69, 9.17) is 17.1 Å². The Balaban J connectivity index is 1.88. The predicted molar refractivity (Wildman–Crippen MR) is 107 cm³/mol. The van der Waals surface area contributed by atoms with Gasteiger partial charge < -0.3 is 10.2 Å². The van der Waals surface area contributed by atoms with E-state index in [1.54, 1.807) is 12.1 Å². The van der Waals surface area contributed by atoms with Crippen LogP contribution in [0, 0.1) is 5.82 Å². The number of hydrogen-bond donors (Lipinski definition) is 1. The molecule has 2 aromatic rings. The molecule has 3 nitrogen and oxygen atoms in total. The van der Waals surface area contributed by atoms with Crippen LogP contribution in [0.3, 0.4) is 0 Å². The van der Waals surface area contributed by atoms with Crippen LogP contribution in [0.4, 0.5) is 4.39 Å². The summed E-state index contributed by atoms with van der Waals surface area (Å²) in [4.78, 5) is 6.42. The van der Waals surface area contributed by atoms with Crippen LogP contribution in [-0.4, -0.2) is 17.7 Å². The number of thiocarbonyl (C=S) groups is 1. The largest absolute Gasteiger partial charge is 0.391 e. The van der Waals surface area contributed by atoms with Crippen molar-refractivity contribution in [2.75, 3.05) is 7.05 Å². The second-order valence-corrected chi connectivity index (χ2v) is 6.90. The number of likely N-dealkylation sites (N-methyl/N-ethyl adjacent to an activating group) is 1. The molecule has 3 rings (SSSR count). The fourth-order valence-electron chi connectivity index (χ4n) is 3.55. The summed E-state index contributed by atoms with van der Waals surface area (Å²) in [6.45, 7) is 0.307.